The molecule has 0 bridgehead atoms. The summed E-state index contributed by atoms with van der Waals surface area (Å²) >= 11 is 0. The van der Waals surface area contributed by atoms with Gasteiger partial charge in [0.1, 0.15) is 5.82 Å². The number of hydrogen-bond acceptors (Lipinski definition) is 5. The molecule has 4 rings (SSSR count). The number of aromatic nitrogens is 2. The molecule has 0 aliphatic carbocycles. The molecule has 3 N–H and O–H groups in total. The quantitative estimate of drug-likeness (QED) is 0.265. The highest BCUT2D eigenvalue weighted by Gasteiger charge is 2.17. The second-order valence-corrected chi connectivity index (χ2v) is 7.49. The van der Waals surface area contributed by atoms with Crippen molar-refractivity contribution in [2.45, 2.75) is 13.0 Å². The van der Waals surface area contributed by atoms with E-state index in [4.69, 9.17) is 14.9 Å². The molecule has 176 valence electrons. The third kappa shape index (κ3) is 7.42. The smallest absolute Gasteiger partial charge is 0.267 e. The molecule has 7 nitrogen and oxygen atoms in total. The van der Waals surface area contributed by atoms with E-state index in [1.165, 1.54) is 6.08 Å². The number of carbonyl (C=O) groups excluding carboxylic acids is 1. The molecule has 9 heteroatoms. The van der Waals surface area contributed by atoms with Gasteiger partial charge >= 0.3 is 0 Å². The van der Waals surface area contributed by atoms with Crippen LogP contribution in [-0.4, -0.2) is 52.3 Å². The third-order valence-corrected chi connectivity index (χ3v) is 5.25. The van der Waals surface area contributed by atoms with Crippen LogP contribution in [-0.2, 0) is 22.5 Å². The first-order chi connectivity index (χ1) is 15.2. The van der Waals surface area contributed by atoms with Crippen LogP contribution in [0.4, 0.5) is 0 Å². The lowest BCUT2D eigenvalue weighted by Crippen LogP contribution is -2.35. The minimum atomic E-state index is -0.555. The fourth-order valence-electron chi connectivity index (χ4n) is 3.63. The molecule has 1 amide bonds. The van der Waals surface area contributed by atoms with Gasteiger partial charge in [0.2, 0.25) is 0 Å². The number of hydroxylamine groups is 1. The number of hydrogen-bond donors (Lipinski definition) is 3. The van der Waals surface area contributed by atoms with Crippen molar-refractivity contribution in [3.8, 4) is 11.3 Å². The maximum Gasteiger partial charge on any atom is 0.267 e. The summed E-state index contributed by atoms with van der Waals surface area (Å²) in [7, 11) is 0. The number of nitrogens with zero attached hydrogens (tertiary/aromatic N) is 2. The van der Waals surface area contributed by atoms with Gasteiger partial charge in [-0.15, -0.1) is 24.8 Å². The maximum absolute atomic E-state index is 11.1. The molecule has 0 radical (unpaired) electrons. The molecule has 0 atom stereocenters. The van der Waals surface area contributed by atoms with E-state index in [9.17, 15) is 4.79 Å². The topological polar surface area (TPSA) is 90.5 Å². The average molecular weight is 491 g/mol. The highest BCUT2D eigenvalue weighted by Crippen LogP contribution is 2.24. The van der Waals surface area contributed by atoms with Crippen LogP contribution in [0.1, 0.15) is 22.6 Å². The van der Waals surface area contributed by atoms with Crippen LogP contribution >= 0.6 is 24.8 Å². The van der Waals surface area contributed by atoms with E-state index < -0.39 is 5.91 Å². The SMILES string of the molecule is Cl.Cl.O=C(/C=C/c1ccc(Cc2nc(-c3ccccc3)c(CN3CCOCC3)[nH]2)cc1)NO. The van der Waals surface area contributed by atoms with Crippen LogP contribution in [0.5, 0.6) is 0 Å². The first-order valence-corrected chi connectivity index (χ1v) is 10.4. The van der Waals surface area contributed by atoms with Crippen molar-refractivity contribution in [3.63, 3.8) is 0 Å². The first-order valence-electron chi connectivity index (χ1n) is 10.4. The van der Waals surface area contributed by atoms with Crippen molar-refractivity contribution in [1.29, 1.82) is 0 Å². The Kier molecular flexibility index (Phi) is 10.6. The van der Waals surface area contributed by atoms with Gasteiger partial charge in [-0.1, -0.05) is 54.6 Å². The highest BCUT2D eigenvalue weighted by atomic mass is 35.5. The maximum atomic E-state index is 11.1. The van der Waals surface area contributed by atoms with Crippen LogP contribution in [0.25, 0.3) is 17.3 Å². The van der Waals surface area contributed by atoms with Gasteiger partial charge in [0, 0.05) is 37.7 Å². The first kappa shape index (κ1) is 26.6. The van der Waals surface area contributed by atoms with Gasteiger partial charge in [0.25, 0.3) is 5.91 Å². The second-order valence-electron chi connectivity index (χ2n) is 7.49. The van der Waals surface area contributed by atoms with Crippen molar-refractivity contribution in [1.82, 2.24) is 20.3 Å². The number of H-pyrrole nitrogens is 1. The van der Waals surface area contributed by atoms with Crippen molar-refractivity contribution >= 4 is 36.8 Å². The van der Waals surface area contributed by atoms with Gasteiger partial charge in [-0.05, 0) is 17.2 Å². The minimum absolute atomic E-state index is 0. The molecule has 2 aromatic carbocycles. The summed E-state index contributed by atoms with van der Waals surface area (Å²) in [6, 6.07) is 18.2. The van der Waals surface area contributed by atoms with E-state index in [2.05, 4.69) is 22.0 Å². The number of morpholine rings is 1. The van der Waals surface area contributed by atoms with E-state index in [0.717, 1.165) is 66.8 Å². The lowest BCUT2D eigenvalue weighted by atomic mass is 10.1. The van der Waals surface area contributed by atoms with E-state index in [-0.39, 0.29) is 24.8 Å². The summed E-state index contributed by atoms with van der Waals surface area (Å²) in [6.45, 7) is 4.19. The summed E-state index contributed by atoms with van der Waals surface area (Å²) in [5.74, 6) is 0.367. The van der Waals surface area contributed by atoms with Crippen LogP contribution in [0, 0.1) is 0 Å². The zero-order valence-corrected chi connectivity index (χ0v) is 19.7. The predicted octanol–water partition coefficient (Wildman–Crippen LogP) is 3.86. The van der Waals surface area contributed by atoms with Crippen molar-refractivity contribution < 1.29 is 14.7 Å². The lowest BCUT2D eigenvalue weighted by Gasteiger charge is -2.26. The minimum Gasteiger partial charge on any atom is -0.379 e. The summed E-state index contributed by atoms with van der Waals surface area (Å²) in [5.41, 5.74) is 6.81. The lowest BCUT2D eigenvalue weighted by molar-refractivity contribution is -0.124. The zero-order valence-electron chi connectivity index (χ0n) is 18.1. The fourth-order valence-corrected chi connectivity index (χ4v) is 3.63. The van der Waals surface area contributed by atoms with Crippen LogP contribution in [0.15, 0.2) is 60.7 Å². The Morgan fingerprint density at radius 2 is 1.79 bits per heavy atom. The average Bonchev–Trinajstić information content (AvgIpc) is 3.21. The molecule has 3 aromatic rings. The van der Waals surface area contributed by atoms with Gasteiger partial charge in [0.15, 0.2) is 0 Å². The molecule has 1 aliphatic heterocycles. The van der Waals surface area contributed by atoms with E-state index >= 15 is 0 Å². The number of nitrogens with one attached hydrogen (secondary N) is 2. The normalized spacial score (nSPS) is 13.8. The second kappa shape index (κ2) is 13.1. The summed E-state index contributed by atoms with van der Waals surface area (Å²) in [5, 5.41) is 8.56. The molecule has 0 spiro atoms. The van der Waals surface area contributed by atoms with Gasteiger partial charge in [0.05, 0.1) is 24.6 Å². The molecule has 1 aromatic heterocycles. The number of benzene rings is 2. The Morgan fingerprint density at radius 1 is 1.09 bits per heavy atom. The standard InChI is InChI=1S/C24H26N4O3.2ClH/c29-23(27-30)11-10-18-6-8-19(9-7-18)16-22-25-21(17-28-12-14-31-15-13-28)24(26-22)20-4-2-1-3-5-20;;/h1-11,30H,12-17H2,(H,25,26)(H,27,29);2*1H/b11-10+;;. The molecule has 0 saturated carbocycles. The number of imidazole rings is 1. The highest BCUT2D eigenvalue weighted by molar-refractivity contribution is 5.90. The molecular formula is C24H28Cl2N4O3. The van der Waals surface area contributed by atoms with Crippen LogP contribution < -0.4 is 5.48 Å². The van der Waals surface area contributed by atoms with Gasteiger partial charge in [-0.2, -0.15) is 0 Å². The molecule has 1 fully saturated rings. The molecule has 1 saturated heterocycles. The molecular weight excluding hydrogens is 463 g/mol. The van der Waals surface area contributed by atoms with Gasteiger partial charge in [-0.25, -0.2) is 10.5 Å². The zero-order chi connectivity index (χ0) is 21.5. The number of halogens is 2. The van der Waals surface area contributed by atoms with Gasteiger partial charge in [-0.3, -0.25) is 14.9 Å². The van der Waals surface area contributed by atoms with Crippen molar-refractivity contribution in [2.75, 3.05) is 26.3 Å². The summed E-state index contributed by atoms with van der Waals surface area (Å²) < 4.78 is 5.48. The molecule has 33 heavy (non-hydrogen) atoms. The van der Waals surface area contributed by atoms with E-state index in [1.807, 2.05) is 42.5 Å². The van der Waals surface area contributed by atoms with Crippen molar-refractivity contribution in [3.05, 3.63) is 83.3 Å². The monoisotopic (exact) mass is 490 g/mol. The predicted molar refractivity (Wildman–Crippen MR) is 133 cm³/mol. The van der Waals surface area contributed by atoms with Crippen LogP contribution in [0.2, 0.25) is 0 Å². The Morgan fingerprint density at radius 3 is 2.45 bits per heavy atom. The number of amides is 1. The van der Waals surface area contributed by atoms with Crippen LogP contribution in [0.3, 0.4) is 0 Å². The molecule has 0 unspecified atom stereocenters. The third-order valence-electron chi connectivity index (χ3n) is 5.25. The van der Waals surface area contributed by atoms with E-state index in [1.54, 1.807) is 11.6 Å². The van der Waals surface area contributed by atoms with Crippen molar-refractivity contribution in [2.24, 2.45) is 0 Å². The van der Waals surface area contributed by atoms with Gasteiger partial charge < -0.3 is 9.72 Å². The fraction of sp³-hybridized carbons (Fsp3) is 0.250. The number of rotatable bonds is 7. The number of aromatic amines is 1. The number of ether oxygens (including phenoxy) is 1. The molecule has 2 heterocycles. The number of carbonyl (C=O) groups is 1. The Bertz CT molecular complexity index is 1030. The summed E-state index contributed by atoms with van der Waals surface area (Å²) in [4.78, 5) is 22.0. The largest absolute Gasteiger partial charge is 0.379 e. The Balaban J connectivity index is 0.00000193. The Hall–Kier alpha value is -2.68. The molecule has 1 aliphatic rings. The Labute approximate surface area is 205 Å². The van der Waals surface area contributed by atoms with E-state index in [0.29, 0.717) is 6.42 Å². The summed E-state index contributed by atoms with van der Waals surface area (Å²) in [6.07, 6.45) is 3.62.